The number of anilines is 2. The minimum Gasteiger partial charge on any atom is -0.497 e. The molecule has 3 amide bonds. The summed E-state index contributed by atoms with van der Waals surface area (Å²) in [5.74, 6) is 0.439. The van der Waals surface area contributed by atoms with Gasteiger partial charge in [-0.25, -0.2) is 0 Å². The molecule has 0 spiro atoms. The van der Waals surface area contributed by atoms with Gasteiger partial charge in [-0.05, 0) is 72.0 Å². The van der Waals surface area contributed by atoms with E-state index in [1.165, 1.54) is 24.4 Å². The van der Waals surface area contributed by atoms with E-state index in [1.807, 2.05) is 49.4 Å². The second kappa shape index (κ2) is 16.3. The number of amides is 3. The van der Waals surface area contributed by atoms with Gasteiger partial charge >= 0.3 is 0 Å². The predicted molar refractivity (Wildman–Crippen MR) is 186 cm³/mol. The van der Waals surface area contributed by atoms with Crippen LogP contribution in [0, 0.1) is 0 Å². The van der Waals surface area contributed by atoms with Crippen molar-refractivity contribution in [2.75, 3.05) is 24.9 Å². The largest absolute Gasteiger partial charge is 0.497 e. The van der Waals surface area contributed by atoms with E-state index in [1.54, 1.807) is 67.8 Å². The van der Waals surface area contributed by atoms with Crippen molar-refractivity contribution in [2.24, 2.45) is 0 Å². The number of ether oxygens (including phenoxy) is 2. The Kier molecular flexibility index (Phi) is 12.0. The minimum atomic E-state index is -0.476. The standard InChI is InChI=1S/C37H39N3O5S/c1-6-34(37(43)39-31-20-19-29(44-4)23-33(31)45-5)46-30-14-10-13-28(22-30)38-36(42)32(40-35(41)27-11-8-7-9-12-27)21-25-15-17-26(18-16-25)24(2)3/h7-24,34H,6H2,1-5H3,(H,38,42)(H,39,43)(H,40,41)/b32-21+. The molecule has 8 nitrogen and oxygen atoms in total. The zero-order valence-corrected chi connectivity index (χ0v) is 27.4. The lowest BCUT2D eigenvalue weighted by Gasteiger charge is -2.17. The summed E-state index contributed by atoms with van der Waals surface area (Å²) in [7, 11) is 3.10. The monoisotopic (exact) mass is 637 g/mol. The van der Waals surface area contributed by atoms with Crippen LogP contribution in [0.2, 0.25) is 0 Å². The van der Waals surface area contributed by atoms with E-state index in [4.69, 9.17) is 9.47 Å². The lowest BCUT2D eigenvalue weighted by molar-refractivity contribution is -0.116. The van der Waals surface area contributed by atoms with Crippen LogP contribution in [0.3, 0.4) is 0 Å². The molecule has 9 heteroatoms. The van der Waals surface area contributed by atoms with Gasteiger partial charge in [-0.15, -0.1) is 11.8 Å². The van der Waals surface area contributed by atoms with Gasteiger partial charge in [0.05, 0.1) is 25.2 Å². The van der Waals surface area contributed by atoms with Crippen molar-refractivity contribution in [2.45, 2.75) is 43.3 Å². The van der Waals surface area contributed by atoms with Crippen LogP contribution >= 0.6 is 11.8 Å². The highest BCUT2D eigenvalue weighted by molar-refractivity contribution is 8.00. The highest BCUT2D eigenvalue weighted by atomic mass is 32.2. The molecule has 0 aliphatic carbocycles. The first-order chi connectivity index (χ1) is 22.2. The molecule has 0 aliphatic heterocycles. The first-order valence-corrected chi connectivity index (χ1v) is 15.9. The molecule has 3 N–H and O–H groups in total. The van der Waals surface area contributed by atoms with E-state index in [0.717, 1.165) is 10.5 Å². The van der Waals surface area contributed by atoms with Crippen molar-refractivity contribution >= 4 is 46.9 Å². The molecule has 238 valence electrons. The Morgan fingerprint density at radius 1 is 0.826 bits per heavy atom. The van der Waals surface area contributed by atoms with Crippen molar-refractivity contribution in [1.29, 1.82) is 0 Å². The van der Waals surface area contributed by atoms with Crippen LogP contribution in [0.15, 0.2) is 108 Å². The van der Waals surface area contributed by atoms with Gasteiger partial charge in [0.25, 0.3) is 11.8 Å². The molecule has 4 rings (SSSR count). The molecule has 0 saturated carbocycles. The molecule has 0 heterocycles. The topological polar surface area (TPSA) is 106 Å². The van der Waals surface area contributed by atoms with E-state index in [-0.39, 0.29) is 11.6 Å². The van der Waals surface area contributed by atoms with Gasteiger partial charge < -0.3 is 25.4 Å². The normalized spacial score (nSPS) is 11.8. The quantitative estimate of drug-likeness (QED) is 0.102. The smallest absolute Gasteiger partial charge is 0.272 e. The van der Waals surface area contributed by atoms with Gasteiger partial charge in [0.15, 0.2) is 0 Å². The fourth-order valence-electron chi connectivity index (χ4n) is 4.53. The Balaban J connectivity index is 1.51. The lowest BCUT2D eigenvalue weighted by Crippen LogP contribution is -2.30. The minimum absolute atomic E-state index is 0.100. The van der Waals surface area contributed by atoms with Crippen molar-refractivity contribution < 1.29 is 23.9 Å². The fourth-order valence-corrected chi connectivity index (χ4v) is 5.55. The van der Waals surface area contributed by atoms with Crippen LogP contribution in [-0.4, -0.2) is 37.2 Å². The zero-order chi connectivity index (χ0) is 33.1. The second-order valence-corrected chi connectivity index (χ2v) is 12.0. The molecule has 46 heavy (non-hydrogen) atoms. The molecule has 1 unspecified atom stereocenters. The van der Waals surface area contributed by atoms with Gasteiger partial charge in [0.2, 0.25) is 5.91 Å². The second-order valence-electron chi connectivity index (χ2n) is 10.8. The number of nitrogens with one attached hydrogen (secondary N) is 3. The molecule has 4 aromatic carbocycles. The average Bonchev–Trinajstić information content (AvgIpc) is 3.07. The summed E-state index contributed by atoms with van der Waals surface area (Å²) in [6.07, 6.45) is 2.23. The van der Waals surface area contributed by atoms with Crippen molar-refractivity contribution in [3.63, 3.8) is 0 Å². The third-order valence-electron chi connectivity index (χ3n) is 7.14. The van der Waals surface area contributed by atoms with Gasteiger partial charge in [-0.3, -0.25) is 14.4 Å². The number of benzene rings is 4. The summed E-state index contributed by atoms with van der Waals surface area (Å²) in [6.45, 7) is 6.17. The Morgan fingerprint density at radius 3 is 2.22 bits per heavy atom. The molecule has 0 radical (unpaired) electrons. The van der Waals surface area contributed by atoms with E-state index < -0.39 is 17.1 Å². The van der Waals surface area contributed by atoms with E-state index in [2.05, 4.69) is 29.8 Å². The predicted octanol–water partition coefficient (Wildman–Crippen LogP) is 7.75. The number of hydrogen-bond donors (Lipinski definition) is 3. The molecule has 0 fully saturated rings. The molecule has 0 bridgehead atoms. The first-order valence-electron chi connectivity index (χ1n) is 15.0. The third-order valence-corrected chi connectivity index (χ3v) is 8.50. The summed E-state index contributed by atoms with van der Waals surface area (Å²) >= 11 is 1.39. The highest BCUT2D eigenvalue weighted by Gasteiger charge is 2.21. The summed E-state index contributed by atoms with van der Waals surface area (Å²) in [4.78, 5) is 40.6. The number of carbonyl (C=O) groups is 3. The summed E-state index contributed by atoms with van der Waals surface area (Å²) < 4.78 is 10.7. The molecule has 0 aromatic heterocycles. The molecule has 4 aromatic rings. The van der Waals surface area contributed by atoms with Crippen LogP contribution in [0.1, 0.15) is 54.6 Å². The van der Waals surface area contributed by atoms with Gasteiger partial charge in [-0.2, -0.15) is 0 Å². The van der Waals surface area contributed by atoms with Crippen molar-refractivity contribution in [3.05, 3.63) is 119 Å². The van der Waals surface area contributed by atoms with E-state index >= 15 is 0 Å². The molecule has 0 saturated heterocycles. The van der Waals surface area contributed by atoms with Crippen LogP contribution in [-0.2, 0) is 9.59 Å². The summed E-state index contributed by atoms with van der Waals surface area (Å²) in [6, 6.07) is 29.1. The summed E-state index contributed by atoms with van der Waals surface area (Å²) in [5, 5.41) is 8.24. The molecular weight excluding hydrogens is 598 g/mol. The maximum absolute atomic E-state index is 13.6. The average molecular weight is 638 g/mol. The molecular formula is C37H39N3O5S. The van der Waals surface area contributed by atoms with Crippen LogP contribution < -0.4 is 25.4 Å². The maximum Gasteiger partial charge on any atom is 0.272 e. The zero-order valence-electron chi connectivity index (χ0n) is 26.6. The number of carbonyl (C=O) groups excluding carboxylic acids is 3. The van der Waals surface area contributed by atoms with Gasteiger partial charge in [0.1, 0.15) is 17.2 Å². The molecule has 1 atom stereocenters. The Labute approximate surface area is 274 Å². The Hall–Kier alpha value is -5.02. The van der Waals surface area contributed by atoms with Crippen molar-refractivity contribution in [1.82, 2.24) is 5.32 Å². The maximum atomic E-state index is 13.6. The van der Waals surface area contributed by atoms with Gasteiger partial charge in [0, 0.05) is 22.2 Å². The van der Waals surface area contributed by atoms with E-state index in [0.29, 0.717) is 40.8 Å². The third kappa shape index (κ3) is 9.25. The van der Waals surface area contributed by atoms with Gasteiger partial charge in [-0.1, -0.05) is 69.3 Å². The Bertz CT molecular complexity index is 1690. The summed E-state index contributed by atoms with van der Waals surface area (Å²) in [5.41, 5.74) is 3.56. The Morgan fingerprint density at radius 2 is 1.57 bits per heavy atom. The van der Waals surface area contributed by atoms with E-state index in [9.17, 15) is 14.4 Å². The number of rotatable bonds is 13. The SMILES string of the molecule is CCC(Sc1cccc(NC(=O)/C(=C\c2ccc(C(C)C)cc2)NC(=O)c2ccccc2)c1)C(=O)Nc1ccc(OC)cc1OC. The number of thioether (sulfide) groups is 1. The van der Waals surface area contributed by atoms with Crippen LogP contribution in [0.25, 0.3) is 6.08 Å². The van der Waals surface area contributed by atoms with Crippen LogP contribution in [0.4, 0.5) is 11.4 Å². The first kappa shape index (κ1) is 33.9. The fraction of sp³-hybridized carbons (Fsp3) is 0.216. The lowest BCUT2D eigenvalue weighted by atomic mass is 10.0. The van der Waals surface area contributed by atoms with Crippen LogP contribution in [0.5, 0.6) is 11.5 Å². The highest BCUT2D eigenvalue weighted by Crippen LogP contribution is 2.32. The van der Waals surface area contributed by atoms with Crippen molar-refractivity contribution in [3.8, 4) is 11.5 Å². The number of methoxy groups -OCH3 is 2. The number of hydrogen-bond acceptors (Lipinski definition) is 6. The molecule has 0 aliphatic rings.